The van der Waals surface area contributed by atoms with Crippen molar-refractivity contribution in [2.24, 2.45) is 5.92 Å². The molecule has 0 unspecified atom stereocenters. The van der Waals surface area contributed by atoms with Crippen LogP contribution in [0.4, 0.5) is 0 Å². The van der Waals surface area contributed by atoms with Crippen LogP contribution in [0.5, 0.6) is 0 Å². The standard InChI is InChI=1S/C9H13NO2/c11-9(12)7-3-4-10-5-8(7)6-1-2-6/h6,10H,1-5H2,(H,11,12). The Balaban J connectivity index is 2.23. The van der Waals surface area contributed by atoms with E-state index < -0.39 is 5.97 Å². The van der Waals surface area contributed by atoms with Crippen LogP contribution >= 0.6 is 0 Å². The van der Waals surface area contributed by atoms with Gasteiger partial charge >= 0.3 is 5.97 Å². The zero-order valence-electron chi connectivity index (χ0n) is 6.97. The highest BCUT2D eigenvalue weighted by Crippen LogP contribution is 2.39. The first-order chi connectivity index (χ1) is 5.79. The molecule has 3 heteroatoms. The van der Waals surface area contributed by atoms with Crippen LogP contribution in [-0.4, -0.2) is 24.2 Å². The smallest absolute Gasteiger partial charge is 0.331 e. The van der Waals surface area contributed by atoms with Crippen LogP contribution in [0.1, 0.15) is 19.3 Å². The van der Waals surface area contributed by atoms with E-state index in [1.807, 2.05) is 0 Å². The lowest BCUT2D eigenvalue weighted by molar-refractivity contribution is -0.133. The number of hydrogen-bond donors (Lipinski definition) is 2. The average molecular weight is 167 g/mol. The summed E-state index contributed by atoms with van der Waals surface area (Å²) >= 11 is 0. The number of carbonyl (C=O) groups is 1. The van der Waals surface area contributed by atoms with Gasteiger partial charge in [0, 0.05) is 12.1 Å². The molecule has 0 atom stereocenters. The fraction of sp³-hybridized carbons (Fsp3) is 0.667. The van der Waals surface area contributed by atoms with Gasteiger partial charge in [0.1, 0.15) is 0 Å². The lowest BCUT2D eigenvalue weighted by Crippen LogP contribution is -2.28. The van der Waals surface area contributed by atoms with Crippen molar-refractivity contribution in [1.29, 1.82) is 0 Å². The minimum absolute atomic E-state index is 0.587. The number of rotatable bonds is 2. The lowest BCUT2D eigenvalue weighted by Gasteiger charge is -2.18. The molecule has 0 aromatic rings. The highest BCUT2D eigenvalue weighted by atomic mass is 16.4. The van der Waals surface area contributed by atoms with E-state index in [1.165, 1.54) is 12.8 Å². The molecule has 2 rings (SSSR count). The molecule has 0 amide bonds. The first kappa shape index (κ1) is 7.80. The van der Waals surface area contributed by atoms with E-state index in [0.29, 0.717) is 17.9 Å². The second kappa shape index (κ2) is 2.90. The summed E-state index contributed by atoms with van der Waals surface area (Å²) in [7, 11) is 0. The molecule has 1 aliphatic heterocycles. The van der Waals surface area contributed by atoms with Gasteiger partial charge in [-0.3, -0.25) is 0 Å². The molecule has 0 radical (unpaired) electrons. The van der Waals surface area contributed by atoms with Gasteiger partial charge in [-0.1, -0.05) is 0 Å². The fourth-order valence-electron chi connectivity index (χ4n) is 1.77. The van der Waals surface area contributed by atoms with Crippen LogP contribution in [0.15, 0.2) is 11.1 Å². The molecule has 0 spiro atoms. The molecular weight excluding hydrogens is 154 g/mol. The van der Waals surface area contributed by atoms with Gasteiger partial charge < -0.3 is 10.4 Å². The Hall–Kier alpha value is -0.830. The highest BCUT2D eigenvalue weighted by Gasteiger charge is 2.31. The summed E-state index contributed by atoms with van der Waals surface area (Å²) in [6.07, 6.45) is 3.07. The minimum atomic E-state index is -0.710. The molecule has 0 aromatic carbocycles. The fourth-order valence-corrected chi connectivity index (χ4v) is 1.77. The number of aliphatic carboxylic acids is 1. The molecule has 1 heterocycles. The van der Waals surface area contributed by atoms with Crippen molar-refractivity contribution in [2.75, 3.05) is 13.1 Å². The maximum Gasteiger partial charge on any atom is 0.331 e. The summed E-state index contributed by atoms with van der Waals surface area (Å²) in [4.78, 5) is 10.8. The topological polar surface area (TPSA) is 49.3 Å². The van der Waals surface area contributed by atoms with Crippen LogP contribution in [0.3, 0.4) is 0 Å². The minimum Gasteiger partial charge on any atom is -0.478 e. The molecule has 1 saturated carbocycles. The maximum atomic E-state index is 10.8. The Morgan fingerprint density at radius 2 is 2.25 bits per heavy atom. The molecule has 2 N–H and O–H groups in total. The third-order valence-electron chi connectivity index (χ3n) is 2.58. The van der Waals surface area contributed by atoms with Crippen LogP contribution < -0.4 is 5.32 Å². The molecule has 2 aliphatic rings. The van der Waals surface area contributed by atoms with Gasteiger partial charge in [-0.15, -0.1) is 0 Å². The molecule has 66 valence electrons. The third kappa shape index (κ3) is 1.37. The van der Waals surface area contributed by atoms with Gasteiger partial charge in [0.2, 0.25) is 0 Å². The van der Waals surface area contributed by atoms with Crippen molar-refractivity contribution in [1.82, 2.24) is 5.32 Å². The Labute approximate surface area is 71.5 Å². The van der Waals surface area contributed by atoms with Crippen molar-refractivity contribution in [2.45, 2.75) is 19.3 Å². The van der Waals surface area contributed by atoms with E-state index >= 15 is 0 Å². The SMILES string of the molecule is O=C(O)C1=C(C2CC2)CNCC1. The number of nitrogens with one attached hydrogen (secondary N) is 1. The Kier molecular flexibility index (Phi) is 1.89. The van der Waals surface area contributed by atoms with Crippen molar-refractivity contribution in [3.63, 3.8) is 0 Å². The Bertz CT molecular complexity index is 241. The molecule has 3 nitrogen and oxygen atoms in total. The third-order valence-corrected chi connectivity index (χ3v) is 2.58. The summed E-state index contributed by atoms with van der Waals surface area (Å²) < 4.78 is 0. The molecule has 0 bridgehead atoms. The quantitative estimate of drug-likeness (QED) is 0.638. The second-order valence-electron chi connectivity index (χ2n) is 3.51. The zero-order chi connectivity index (χ0) is 8.55. The van der Waals surface area contributed by atoms with E-state index in [-0.39, 0.29) is 0 Å². The van der Waals surface area contributed by atoms with Gasteiger partial charge in [-0.2, -0.15) is 0 Å². The van der Waals surface area contributed by atoms with E-state index in [2.05, 4.69) is 5.32 Å². The largest absolute Gasteiger partial charge is 0.478 e. The van der Waals surface area contributed by atoms with Crippen LogP contribution in [0.2, 0.25) is 0 Å². The van der Waals surface area contributed by atoms with Crippen LogP contribution in [0.25, 0.3) is 0 Å². The zero-order valence-corrected chi connectivity index (χ0v) is 6.97. The first-order valence-corrected chi connectivity index (χ1v) is 4.45. The molecule has 1 aliphatic carbocycles. The number of hydrogen-bond acceptors (Lipinski definition) is 2. The predicted molar refractivity (Wildman–Crippen MR) is 44.9 cm³/mol. The number of carboxylic acid groups (broad SMARTS) is 1. The van der Waals surface area contributed by atoms with Crippen molar-refractivity contribution in [3.8, 4) is 0 Å². The normalized spacial score (nSPS) is 24.3. The van der Waals surface area contributed by atoms with Crippen LogP contribution in [-0.2, 0) is 4.79 Å². The molecule has 0 aromatic heterocycles. The van der Waals surface area contributed by atoms with E-state index in [0.717, 1.165) is 18.7 Å². The first-order valence-electron chi connectivity index (χ1n) is 4.45. The van der Waals surface area contributed by atoms with Crippen LogP contribution in [0, 0.1) is 5.92 Å². The van der Waals surface area contributed by atoms with Crippen molar-refractivity contribution < 1.29 is 9.90 Å². The summed E-state index contributed by atoms with van der Waals surface area (Å²) in [5, 5.41) is 12.1. The summed E-state index contributed by atoms with van der Waals surface area (Å²) in [5.41, 5.74) is 1.84. The van der Waals surface area contributed by atoms with Crippen molar-refractivity contribution in [3.05, 3.63) is 11.1 Å². The average Bonchev–Trinajstić information content (AvgIpc) is 2.87. The molecule has 1 fully saturated rings. The predicted octanol–water partition coefficient (Wildman–Crippen LogP) is 0.771. The summed E-state index contributed by atoms with van der Waals surface area (Å²) in [6.45, 7) is 1.62. The summed E-state index contributed by atoms with van der Waals surface area (Å²) in [6, 6.07) is 0. The maximum absolute atomic E-state index is 10.8. The molecular formula is C9H13NO2. The Morgan fingerprint density at radius 1 is 1.50 bits per heavy atom. The monoisotopic (exact) mass is 167 g/mol. The Morgan fingerprint density at radius 3 is 2.83 bits per heavy atom. The second-order valence-corrected chi connectivity index (χ2v) is 3.51. The molecule has 0 saturated heterocycles. The number of carboxylic acids is 1. The summed E-state index contributed by atoms with van der Waals surface area (Å²) in [5.74, 6) is -0.123. The van der Waals surface area contributed by atoms with Gasteiger partial charge in [0.05, 0.1) is 0 Å². The van der Waals surface area contributed by atoms with Gasteiger partial charge in [0.15, 0.2) is 0 Å². The lowest BCUT2D eigenvalue weighted by atomic mass is 9.98. The van der Waals surface area contributed by atoms with Gasteiger partial charge in [-0.05, 0) is 37.3 Å². The highest BCUT2D eigenvalue weighted by molar-refractivity contribution is 5.88. The van der Waals surface area contributed by atoms with E-state index in [4.69, 9.17) is 5.11 Å². The van der Waals surface area contributed by atoms with E-state index in [9.17, 15) is 4.79 Å². The molecule has 12 heavy (non-hydrogen) atoms. The van der Waals surface area contributed by atoms with E-state index in [1.54, 1.807) is 0 Å². The van der Waals surface area contributed by atoms with Gasteiger partial charge in [0.25, 0.3) is 0 Å². The van der Waals surface area contributed by atoms with Crippen molar-refractivity contribution >= 4 is 5.97 Å². The van der Waals surface area contributed by atoms with Gasteiger partial charge in [-0.25, -0.2) is 4.79 Å².